The molecule has 0 radical (unpaired) electrons. The number of ether oxygens (including phenoxy) is 1. The maximum absolute atomic E-state index is 13.8. The van der Waals surface area contributed by atoms with Crippen molar-refractivity contribution in [3.05, 3.63) is 124 Å². The Hall–Kier alpha value is -3.97. The number of hydrogen-bond acceptors (Lipinski definition) is 3. The zero-order valence-corrected chi connectivity index (χ0v) is 20.0. The summed E-state index contributed by atoms with van der Waals surface area (Å²) in [7, 11) is 0. The average molecular weight is 523 g/mol. The summed E-state index contributed by atoms with van der Waals surface area (Å²) in [6.45, 7) is 0.0183. The van der Waals surface area contributed by atoms with E-state index >= 15 is 0 Å². The second-order valence-electron chi connectivity index (χ2n) is 8.44. The highest BCUT2D eigenvalue weighted by Crippen LogP contribution is 2.39. The van der Waals surface area contributed by atoms with Crippen LogP contribution in [0, 0.1) is 5.82 Å². The number of halogens is 5. The van der Waals surface area contributed by atoms with Gasteiger partial charge in [-0.3, -0.25) is 0 Å². The van der Waals surface area contributed by atoms with Crippen molar-refractivity contribution in [3.63, 3.8) is 0 Å². The third-order valence-corrected chi connectivity index (χ3v) is 6.28. The summed E-state index contributed by atoms with van der Waals surface area (Å²) in [5.41, 5.74) is 2.03. The Balaban J connectivity index is 1.60. The summed E-state index contributed by atoms with van der Waals surface area (Å²) in [6.07, 6.45) is -4.21. The van der Waals surface area contributed by atoms with Crippen LogP contribution in [0.15, 0.2) is 91.0 Å². The van der Waals surface area contributed by atoms with Crippen molar-refractivity contribution in [2.24, 2.45) is 0 Å². The lowest BCUT2D eigenvalue weighted by molar-refractivity contribution is -0.136. The van der Waals surface area contributed by atoms with Crippen LogP contribution >= 0.6 is 11.6 Å². The van der Waals surface area contributed by atoms with E-state index in [0.29, 0.717) is 45.0 Å². The average Bonchev–Trinajstić information content (AvgIpc) is 2.89. The van der Waals surface area contributed by atoms with Crippen molar-refractivity contribution in [2.75, 3.05) is 0 Å². The van der Waals surface area contributed by atoms with Gasteiger partial charge < -0.3 is 4.74 Å². The lowest BCUT2D eigenvalue weighted by Crippen LogP contribution is -2.09. The van der Waals surface area contributed by atoms with E-state index in [4.69, 9.17) is 16.3 Å². The standard InChI is InChI=1S/C29H19ClF4N2O/c30-25-13-12-21(31)15-20(25)17-37-22-9-4-8-19(16-22)27-23-10-5-11-24(29(32,33)34)28(23)36-35-26(27)14-18-6-2-1-3-7-18/h1-13,15-16H,14,17H2. The van der Waals surface area contributed by atoms with Gasteiger partial charge in [-0.15, -0.1) is 5.10 Å². The largest absolute Gasteiger partial charge is 0.489 e. The summed E-state index contributed by atoms with van der Waals surface area (Å²) < 4.78 is 60.8. The van der Waals surface area contributed by atoms with Crippen LogP contribution in [0.5, 0.6) is 5.75 Å². The van der Waals surface area contributed by atoms with Gasteiger partial charge in [-0.1, -0.05) is 66.2 Å². The normalized spacial score (nSPS) is 11.6. The van der Waals surface area contributed by atoms with E-state index < -0.39 is 17.6 Å². The topological polar surface area (TPSA) is 35.0 Å². The predicted molar refractivity (Wildman–Crippen MR) is 135 cm³/mol. The highest BCUT2D eigenvalue weighted by Gasteiger charge is 2.34. The first-order valence-corrected chi connectivity index (χ1v) is 11.7. The van der Waals surface area contributed by atoms with Gasteiger partial charge in [-0.05, 0) is 47.5 Å². The highest BCUT2D eigenvalue weighted by atomic mass is 35.5. The van der Waals surface area contributed by atoms with E-state index in [1.54, 1.807) is 30.3 Å². The van der Waals surface area contributed by atoms with E-state index in [2.05, 4.69) is 10.2 Å². The van der Waals surface area contributed by atoms with E-state index in [9.17, 15) is 17.6 Å². The molecule has 1 heterocycles. The smallest absolute Gasteiger partial charge is 0.418 e. The van der Waals surface area contributed by atoms with Crippen LogP contribution in [-0.2, 0) is 19.2 Å². The Kier molecular flexibility index (Phi) is 6.80. The zero-order chi connectivity index (χ0) is 26.0. The number of aromatic nitrogens is 2. The molecule has 1 aromatic heterocycles. The van der Waals surface area contributed by atoms with Crippen molar-refractivity contribution in [2.45, 2.75) is 19.2 Å². The summed E-state index contributed by atoms with van der Waals surface area (Å²) in [5, 5.41) is 8.94. The first-order chi connectivity index (χ1) is 17.8. The molecule has 0 atom stereocenters. The molecule has 0 amide bonds. The molecule has 186 valence electrons. The number of alkyl halides is 3. The Morgan fingerprint density at radius 2 is 1.59 bits per heavy atom. The molecule has 0 aliphatic rings. The molecule has 5 rings (SSSR count). The van der Waals surface area contributed by atoms with Gasteiger partial charge in [0.15, 0.2) is 0 Å². The van der Waals surface area contributed by atoms with Crippen LogP contribution in [-0.4, -0.2) is 10.2 Å². The highest BCUT2D eigenvalue weighted by molar-refractivity contribution is 6.31. The van der Waals surface area contributed by atoms with Crippen molar-refractivity contribution in [3.8, 4) is 16.9 Å². The Labute approximate surface area is 215 Å². The second-order valence-corrected chi connectivity index (χ2v) is 8.84. The van der Waals surface area contributed by atoms with Crippen LogP contribution in [0.25, 0.3) is 22.0 Å². The maximum Gasteiger partial charge on any atom is 0.418 e. The molecule has 3 nitrogen and oxygen atoms in total. The first kappa shape index (κ1) is 24.7. The number of fused-ring (bicyclic) bond motifs is 1. The van der Waals surface area contributed by atoms with Crippen LogP contribution in [0.3, 0.4) is 0 Å². The lowest BCUT2D eigenvalue weighted by Gasteiger charge is -2.16. The second kappa shape index (κ2) is 10.2. The molecule has 0 aliphatic heterocycles. The summed E-state index contributed by atoms with van der Waals surface area (Å²) in [4.78, 5) is 0. The van der Waals surface area contributed by atoms with Crippen LogP contribution in [0.4, 0.5) is 17.6 Å². The number of hydrogen-bond donors (Lipinski definition) is 0. The van der Waals surface area contributed by atoms with Gasteiger partial charge in [0, 0.05) is 28.0 Å². The van der Waals surface area contributed by atoms with Crippen LogP contribution < -0.4 is 4.74 Å². The van der Waals surface area contributed by atoms with Crippen molar-refractivity contribution < 1.29 is 22.3 Å². The Bertz CT molecular complexity index is 1570. The first-order valence-electron chi connectivity index (χ1n) is 11.4. The van der Waals surface area contributed by atoms with E-state index in [1.807, 2.05) is 30.3 Å². The molecule has 0 N–H and O–H groups in total. The quantitative estimate of drug-likeness (QED) is 0.210. The molecule has 0 unspecified atom stereocenters. The molecule has 0 fully saturated rings. The molecule has 0 bridgehead atoms. The van der Waals surface area contributed by atoms with Crippen molar-refractivity contribution >= 4 is 22.5 Å². The Morgan fingerprint density at radius 3 is 2.38 bits per heavy atom. The van der Waals surface area contributed by atoms with Gasteiger partial charge in [-0.25, -0.2) is 4.39 Å². The van der Waals surface area contributed by atoms with Crippen LogP contribution in [0.1, 0.15) is 22.4 Å². The molecular weight excluding hydrogens is 504 g/mol. The van der Waals surface area contributed by atoms with E-state index in [-0.39, 0.29) is 12.1 Å². The maximum atomic E-state index is 13.8. The van der Waals surface area contributed by atoms with Gasteiger partial charge in [0.05, 0.1) is 11.3 Å². The van der Waals surface area contributed by atoms with E-state index in [1.165, 1.54) is 24.3 Å². The number of benzene rings is 4. The molecule has 0 aliphatic carbocycles. The zero-order valence-electron chi connectivity index (χ0n) is 19.3. The predicted octanol–water partition coefficient (Wildman–Crippen LogP) is 8.28. The van der Waals surface area contributed by atoms with Crippen molar-refractivity contribution in [1.29, 1.82) is 0 Å². The van der Waals surface area contributed by atoms with Gasteiger partial charge in [0.2, 0.25) is 0 Å². The van der Waals surface area contributed by atoms with Gasteiger partial charge >= 0.3 is 6.18 Å². The lowest BCUT2D eigenvalue weighted by atomic mass is 9.94. The van der Waals surface area contributed by atoms with Crippen molar-refractivity contribution in [1.82, 2.24) is 10.2 Å². The fourth-order valence-corrected chi connectivity index (χ4v) is 4.36. The summed E-state index contributed by atoms with van der Waals surface area (Å²) >= 11 is 6.15. The number of nitrogens with zero attached hydrogens (tertiary/aromatic N) is 2. The molecule has 5 aromatic rings. The van der Waals surface area contributed by atoms with Gasteiger partial charge in [0.25, 0.3) is 0 Å². The minimum absolute atomic E-state index is 0.0183. The van der Waals surface area contributed by atoms with Gasteiger partial charge in [-0.2, -0.15) is 18.3 Å². The Morgan fingerprint density at radius 1 is 0.811 bits per heavy atom. The molecule has 0 spiro atoms. The van der Waals surface area contributed by atoms with Crippen LogP contribution in [0.2, 0.25) is 5.02 Å². The molecular formula is C29H19ClF4N2O. The minimum atomic E-state index is -4.58. The molecule has 37 heavy (non-hydrogen) atoms. The number of rotatable bonds is 6. The third-order valence-electron chi connectivity index (χ3n) is 5.91. The monoisotopic (exact) mass is 522 g/mol. The molecule has 4 aromatic carbocycles. The third kappa shape index (κ3) is 5.42. The fraction of sp³-hybridized carbons (Fsp3) is 0.103. The fourth-order valence-electron chi connectivity index (χ4n) is 4.19. The minimum Gasteiger partial charge on any atom is -0.489 e. The molecule has 8 heteroatoms. The summed E-state index contributed by atoms with van der Waals surface area (Å²) in [6, 6.07) is 24.5. The summed E-state index contributed by atoms with van der Waals surface area (Å²) in [5.74, 6) is 0.0116. The SMILES string of the molecule is Fc1ccc(Cl)c(COc2cccc(-c3c(Cc4ccccc4)nnc4c(C(F)(F)F)cccc34)c2)c1. The molecule has 0 saturated carbocycles. The van der Waals surface area contributed by atoms with E-state index in [0.717, 1.165) is 11.6 Å². The van der Waals surface area contributed by atoms with Gasteiger partial charge in [0.1, 0.15) is 23.7 Å². The molecule has 0 saturated heterocycles.